The number of hydrogen-bond donors (Lipinski definition) is 2. The van der Waals surface area contributed by atoms with Gasteiger partial charge in [-0.2, -0.15) is 0 Å². The van der Waals surface area contributed by atoms with Crippen molar-refractivity contribution in [1.82, 2.24) is 0 Å². The summed E-state index contributed by atoms with van der Waals surface area (Å²) >= 11 is 0. The van der Waals surface area contributed by atoms with E-state index in [0.29, 0.717) is 11.8 Å². The first-order valence-corrected chi connectivity index (χ1v) is 9.14. The Labute approximate surface area is 155 Å². The lowest BCUT2D eigenvalue weighted by atomic mass is 9.83. The van der Waals surface area contributed by atoms with Gasteiger partial charge in [-0.3, -0.25) is 0 Å². The second-order valence-electron chi connectivity index (χ2n) is 7.37. The summed E-state index contributed by atoms with van der Waals surface area (Å²) in [5.41, 5.74) is 6.08. The van der Waals surface area contributed by atoms with Gasteiger partial charge in [0.1, 0.15) is 11.5 Å². The Morgan fingerprint density at radius 3 is 1.27 bits per heavy atom. The standard InChI is InChI=1S/C24H26O2/c1-15(2)19-13-20(16(3)4)22(18-10-6-8-12-24(18)26)14-21(19)17-9-5-7-11-23(17)25/h5-16,25-26H,1-4H3. The third-order valence-electron chi connectivity index (χ3n) is 4.85. The molecular formula is C24H26O2. The first-order valence-electron chi connectivity index (χ1n) is 9.14. The second-order valence-corrected chi connectivity index (χ2v) is 7.37. The van der Waals surface area contributed by atoms with Gasteiger partial charge in [0.25, 0.3) is 0 Å². The molecule has 0 heterocycles. The van der Waals surface area contributed by atoms with Crippen molar-refractivity contribution in [2.45, 2.75) is 39.5 Å². The maximum Gasteiger partial charge on any atom is 0.123 e. The first kappa shape index (κ1) is 18.1. The highest BCUT2D eigenvalue weighted by atomic mass is 16.3. The molecule has 0 atom stereocenters. The summed E-state index contributed by atoms with van der Waals surface area (Å²) in [6.45, 7) is 8.68. The molecule has 3 rings (SSSR count). The van der Waals surface area contributed by atoms with Gasteiger partial charge < -0.3 is 10.2 Å². The number of para-hydroxylation sites is 2. The van der Waals surface area contributed by atoms with Crippen LogP contribution >= 0.6 is 0 Å². The van der Waals surface area contributed by atoms with Gasteiger partial charge in [-0.05, 0) is 52.3 Å². The molecule has 0 bridgehead atoms. The van der Waals surface area contributed by atoms with Crippen molar-refractivity contribution in [1.29, 1.82) is 0 Å². The van der Waals surface area contributed by atoms with Crippen molar-refractivity contribution in [3.05, 3.63) is 71.8 Å². The number of aromatic hydroxyl groups is 2. The lowest BCUT2D eigenvalue weighted by Gasteiger charge is -2.22. The Morgan fingerprint density at radius 1 is 0.538 bits per heavy atom. The Hall–Kier alpha value is -2.74. The molecule has 0 saturated heterocycles. The summed E-state index contributed by atoms with van der Waals surface area (Å²) < 4.78 is 0. The lowest BCUT2D eigenvalue weighted by molar-refractivity contribution is 0.477. The number of hydrogen-bond acceptors (Lipinski definition) is 2. The quantitative estimate of drug-likeness (QED) is 0.553. The Morgan fingerprint density at radius 2 is 0.923 bits per heavy atom. The molecule has 0 saturated carbocycles. The summed E-state index contributed by atoms with van der Waals surface area (Å²) in [7, 11) is 0. The minimum Gasteiger partial charge on any atom is -0.507 e. The van der Waals surface area contributed by atoms with Gasteiger partial charge in [-0.15, -0.1) is 0 Å². The van der Waals surface area contributed by atoms with Crippen LogP contribution in [0.15, 0.2) is 60.7 Å². The highest BCUT2D eigenvalue weighted by Crippen LogP contribution is 2.42. The maximum atomic E-state index is 10.4. The molecular weight excluding hydrogens is 320 g/mol. The number of phenols is 2. The monoisotopic (exact) mass is 346 g/mol. The molecule has 3 aromatic carbocycles. The Bertz CT molecular complexity index is 850. The van der Waals surface area contributed by atoms with Crippen molar-refractivity contribution in [2.24, 2.45) is 0 Å². The lowest BCUT2D eigenvalue weighted by Crippen LogP contribution is -2.00. The second kappa shape index (κ2) is 7.25. The Kier molecular flexibility index (Phi) is 5.03. The molecule has 0 aromatic heterocycles. The summed E-state index contributed by atoms with van der Waals surface area (Å²) in [4.78, 5) is 0. The van der Waals surface area contributed by atoms with Crippen LogP contribution in [0.25, 0.3) is 22.3 Å². The van der Waals surface area contributed by atoms with Crippen LogP contribution in [0, 0.1) is 0 Å². The summed E-state index contributed by atoms with van der Waals surface area (Å²) in [5, 5.41) is 20.8. The summed E-state index contributed by atoms with van der Waals surface area (Å²) in [6.07, 6.45) is 0. The number of benzene rings is 3. The van der Waals surface area contributed by atoms with E-state index in [0.717, 1.165) is 22.3 Å². The van der Waals surface area contributed by atoms with Crippen molar-refractivity contribution in [2.75, 3.05) is 0 Å². The molecule has 0 spiro atoms. The molecule has 3 aromatic rings. The highest BCUT2D eigenvalue weighted by molar-refractivity contribution is 5.83. The normalized spacial score (nSPS) is 11.3. The van der Waals surface area contributed by atoms with Crippen LogP contribution in [-0.2, 0) is 0 Å². The predicted octanol–water partition coefficient (Wildman–Crippen LogP) is 6.68. The first-order chi connectivity index (χ1) is 12.4. The van der Waals surface area contributed by atoms with Crippen molar-refractivity contribution in [3.63, 3.8) is 0 Å². The van der Waals surface area contributed by atoms with Crippen molar-refractivity contribution < 1.29 is 10.2 Å². The predicted molar refractivity (Wildman–Crippen MR) is 109 cm³/mol. The van der Waals surface area contributed by atoms with Crippen LogP contribution in [0.4, 0.5) is 0 Å². The van der Waals surface area contributed by atoms with Gasteiger partial charge in [0.05, 0.1) is 0 Å². The fraction of sp³-hybridized carbons (Fsp3) is 0.250. The maximum absolute atomic E-state index is 10.4. The minimum absolute atomic E-state index is 0.273. The van der Waals surface area contributed by atoms with Crippen LogP contribution in [0.2, 0.25) is 0 Å². The van der Waals surface area contributed by atoms with Gasteiger partial charge in [0.2, 0.25) is 0 Å². The topological polar surface area (TPSA) is 40.5 Å². The third-order valence-corrected chi connectivity index (χ3v) is 4.85. The number of rotatable bonds is 4. The molecule has 0 fully saturated rings. The minimum atomic E-state index is 0.273. The fourth-order valence-electron chi connectivity index (χ4n) is 3.46. The zero-order valence-corrected chi connectivity index (χ0v) is 15.8. The molecule has 2 heteroatoms. The van der Waals surface area contributed by atoms with E-state index in [4.69, 9.17) is 0 Å². The Balaban J connectivity index is 2.36. The number of phenolic OH excluding ortho intramolecular Hbond substituents is 2. The summed E-state index contributed by atoms with van der Waals surface area (Å²) in [5.74, 6) is 1.19. The van der Waals surface area contributed by atoms with Gasteiger partial charge in [0, 0.05) is 11.1 Å². The molecule has 2 nitrogen and oxygen atoms in total. The van der Waals surface area contributed by atoms with E-state index in [2.05, 4.69) is 39.8 Å². The highest BCUT2D eigenvalue weighted by Gasteiger charge is 2.19. The molecule has 0 amide bonds. The molecule has 134 valence electrons. The van der Waals surface area contributed by atoms with E-state index >= 15 is 0 Å². The third kappa shape index (κ3) is 3.32. The van der Waals surface area contributed by atoms with Crippen molar-refractivity contribution >= 4 is 0 Å². The molecule has 2 N–H and O–H groups in total. The largest absolute Gasteiger partial charge is 0.507 e. The average molecular weight is 346 g/mol. The van der Waals surface area contributed by atoms with E-state index in [1.165, 1.54) is 11.1 Å². The fourth-order valence-corrected chi connectivity index (χ4v) is 3.46. The van der Waals surface area contributed by atoms with Crippen LogP contribution < -0.4 is 0 Å². The van der Waals surface area contributed by atoms with Crippen LogP contribution in [0.3, 0.4) is 0 Å². The molecule has 0 radical (unpaired) electrons. The molecule has 26 heavy (non-hydrogen) atoms. The smallest absolute Gasteiger partial charge is 0.123 e. The van der Waals surface area contributed by atoms with Crippen LogP contribution in [-0.4, -0.2) is 10.2 Å². The summed E-state index contributed by atoms with van der Waals surface area (Å²) in [6, 6.07) is 19.2. The van der Waals surface area contributed by atoms with E-state index in [9.17, 15) is 10.2 Å². The zero-order chi connectivity index (χ0) is 18.8. The molecule has 0 aliphatic heterocycles. The molecule has 0 aliphatic rings. The van der Waals surface area contributed by atoms with E-state index in [1.807, 2.05) is 36.4 Å². The van der Waals surface area contributed by atoms with Gasteiger partial charge in [-0.25, -0.2) is 0 Å². The van der Waals surface area contributed by atoms with Crippen molar-refractivity contribution in [3.8, 4) is 33.8 Å². The van der Waals surface area contributed by atoms with Crippen LogP contribution in [0.1, 0.15) is 50.7 Å². The van der Waals surface area contributed by atoms with Gasteiger partial charge in [-0.1, -0.05) is 70.2 Å². The zero-order valence-electron chi connectivity index (χ0n) is 15.8. The van der Waals surface area contributed by atoms with E-state index < -0.39 is 0 Å². The van der Waals surface area contributed by atoms with Gasteiger partial charge >= 0.3 is 0 Å². The average Bonchev–Trinajstić information content (AvgIpc) is 2.61. The van der Waals surface area contributed by atoms with E-state index in [-0.39, 0.29) is 11.5 Å². The molecule has 0 aliphatic carbocycles. The van der Waals surface area contributed by atoms with E-state index in [1.54, 1.807) is 12.1 Å². The SMILES string of the molecule is CC(C)c1cc(C(C)C)c(-c2ccccc2O)cc1-c1ccccc1O. The van der Waals surface area contributed by atoms with Crippen LogP contribution in [0.5, 0.6) is 11.5 Å². The van der Waals surface area contributed by atoms with Gasteiger partial charge in [0.15, 0.2) is 0 Å². The molecule has 0 unspecified atom stereocenters.